The number of benzene rings is 2. The second kappa shape index (κ2) is 10.3. The molecule has 0 fully saturated rings. The molecule has 0 saturated carbocycles. The van der Waals surface area contributed by atoms with Crippen LogP contribution in [-0.2, 0) is 11.3 Å². The Morgan fingerprint density at radius 1 is 1.14 bits per heavy atom. The maximum absolute atomic E-state index is 13.3. The molecule has 1 aromatic heterocycles. The van der Waals surface area contributed by atoms with Crippen LogP contribution >= 0.6 is 11.8 Å². The minimum absolute atomic E-state index is 0.0574. The van der Waals surface area contributed by atoms with E-state index < -0.39 is 5.25 Å². The first kappa shape index (κ1) is 21.1. The van der Waals surface area contributed by atoms with Crippen molar-refractivity contribution in [2.24, 2.45) is 0 Å². The van der Waals surface area contributed by atoms with E-state index in [1.54, 1.807) is 6.33 Å². The van der Waals surface area contributed by atoms with E-state index in [2.05, 4.69) is 22.4 Å². The number of thioether (sulfide) groups is 1. The van der Waals surface area contributed by atoms with E-state index in [9.17, 15) is 4.79 Å². The molecule has 2 aromatic carbocycles. The Bertz CT molecular complexity index is 939. The summed E-state index contributed by atoms with van der Waals surface area (Å²) in [5.74, 6) is -0.0574. The van der Waals surface area contributed by atoms with Gasteiger partial charge in [-0.25, -0.2) is 0 Å². The molecule has 6 heteroatoms. The summed E-state index contributed by atoms with van der Waals surface area (Å²) in [4.78, 5) is 13.3. The normalized spacial score (nSPS) is 12.0. The lowest BCUT2D eigenvalue weighted by Crippen LogP contribution is -2.20. The highest BCUT2D eigenvalue weighted by Gasteiger charge is 2.25. The van der Waals surface area contributed by atoms with Crippen molar-refractivity contribution in [3.63, 3.8) is 0 Å². The smallest absolute Gasteiger partial charge is 0.242 e. The van der Waals surface area contributed by atoms with Crippen LogP contribution in [0.5, 0.6) is 0 Å². The number of amides is 1. The lowest BCUT2D eigenvalue weighted by Gasteiger charge is -2.18. The summed E-state index contributed by atoms with van der Waals surface area (Å²) in [5.41, 5.74) is 3.96. The molecule has 0 spiro atoms. The van der Waals surface area contributed by atoms with Crippen LogP contribution in [0, 0.1) is 13.8 Å². The summed E-state index contributed by atoms with van der Waals surface area (Å²) >= 11 is 1.45. The second-order valence-electron chi connectivity index (χ2n) is 7.23. The Morgan fingerprint density at radius 3 is 2.69 bits per heavy atom. The maximum Gasteiger partial charge on any atom is 0.242 e. The molecule has 0 aliphatic heterocycles. The van der Waals surface area contributed by atoms with Gasteiger partial charge in [-0.1, -0.05) is 74.0 Å². The molecule has 0 unspecified atom stereocenters. The highest BCUT2D eigenvalue weighted by Crippen LogP contribution is 2.35. The molecular weight excluding hydrogens is 380 g/mol. The number of rotatable bonds is 9. The molecule has 5 nitrogen and oxygen atoms in total. The van der Waals surface area contributed by atoms with Crippen molar-refractivity contribution in [1.29, 1.82) is 0 Å². The van der Waals surface area contributed by atoms with Gasteiger partial charge in [0.25, 0.3) is 0 Å². The van der Waals surface area contributed by atoms with E-state index in [4.69, 9.17) is 0 Å². The Morgan fingerprint density at radius 2 is 1.93 bits per heavy atom. The molecule has 0 aliphatic carbocycles. The lowest BCUT2D eigenvalue weighted by molar-refractivity contribution is -0.115. The number of nitrogens with zero attached hydrogens (tertiary/aromatic N) is 3. The van der Waals surface area contributed by atoms with Crippen LogP contribution in [0.15, 0.2) is 60.0 Å². The summed E-state index contributed by atoms with van der Waals surface area (Å²) < 4.78 is 2.04. The van der Waals surface area contributed by atoms with Gasteiger partial charge >= 0.3 is 0 Å². The van der Waals surface area contributed by atoms with Crippen molar-refractivity contribution in [1.82, 2.24) is 14.8 Å². The number of hydrogen-bond donors (Lipinski definition) is 1. The van der Waals surface area contributed by atoms with Crippen molar-refractivity contribution in [3.05, 3.63) is 71.5 Å². The number of carbonyl (C=O) groups is 1. The topological polar surface area (TPSA) is 59.8 Å². The number of unbranched alkanes of at least 4 members (excludes halogenated alkanes) is 2. The minimum Gasteiger partial charge on any atom is -0.325 e. The third-order valence-corrected chi connectivity index (χ3v) is 6.05. The van der Waals surface area contributed by atoms with E-state index in [-0.39, 0.29) is 5.91 Å². The highest BCUT2D eigenvalue weighted by molar-refractivity contribution is 8.00. The summed E-state index contributed by atoms with van der Waals surface area (Å²) in [6.07, 6.45) is 5.16. The number of anilines is 1. The van der Waals surface area contributed by atoms with E-state index in [0.717, 1.165) is 53.3 Å². The van der Waals surface area contributed by atoms with Crippen LogP contribution in [0.1, 0.15) is 48.1 Å². The fourth-order valence-electron chi connectivity index (χ4n) is 3.10. The molecule has 152 valence electrons. The molecule has 1 N–H and O–H groups in total. The molecular formula is C23H28N4OS. The third kappa shape index (κ3) is 5.70. The highest BCUT2D eigenvalue weighted by atomic mass is 32.2. The fourth-order valence-corrected chi connectivity index (χ4v) is 4.13. The Labute approximate surface area is 176 Å². The average Bonchev–Trinajstić information content (AvgIpc) is 3.17. The molecule has 1 amide bonds. The summed E-state index contributed by atoms with van der Waals surface area (Å²) in [5, 5.41) is 11.8. The van der Waals surface area contributed by atoms with Gasteiger partial charge in [0.15, 0.2) is 5.16 Å². The van der Waals surface area contributed by atoms with E-state index >= 15 is 0 Å². The molecule has 0 saturated heterocycles. The van der Waals surface area contributed by atoms with Gasteiger partial charge in [0.1, 0.15) is 11.6 Å². The molecule has 1 heterocycles. The van der Waals surface area contributed by atoms with E-state index in [0.29, 0.717) is 0 Å². The van der Waals surface area contributed by atoms with Gasteiger partial charge in [-0.15, -0.1) is 10.2 Å². The van der Waals surface area contributed by atoms with Crippen molar-refractivity contribution in [2.75, 3.05) is 5.32 Å². The molecule has 0 bridgehead atoms. The molecule has 3 rings (SSSR count). The van der Waals surface area contributed by atoms with E-state index in [1.165, 1.54) is 11.8 Å². The predicted molar refractivity (Wildman–Crippen MR) is 119 cm³/mol. The van der Waals surface area contributed by atoms with Crippen molar-refractivity contribution >= 4 is 23.4 Å². The first-order valence-corrected chi connectivity index (χ1v) is 10.9. The first-order valence-electron chi connectivity index (χ1n) is 10.1. The molecule has 0 radical (unpaired) electrons. The SMILES string of the molecule is CCCCCn1cnnc1S[C@@H](C(=O)Nc1cc(C)ccc1C)c1ccccc1. The van der Waals surface area contributed by atoms with Crippen LogP contribution in [0.2, 0.25) is 0 Å². The van der Waals surface area contributed by atoms with Crippen LogP contribution in [0.4, 0.5) is 5.69 Å². The van der Waals surface area contributed by atoms with Crippen molar-refractivity contribution < 1.29 is 4.79 Å². The third-order valence-electron chi connectivity index (χ3n) is 4.80. The molecule has 1 atom stereocenters. The van der Waals surface area contributed by atoms with Crippen LogP contribution in [-0.4, -0.2) is 20.7 Å². The molecule has 3 aromatic rings. The van der Waals surface area contributed by atoms with Crippen molar-refractivity contribution in [2.45, 2.75) is 57.0 Å². The van der Waals surface area contributed by atoms with Gasteiger partial charge < -0.3 is 9.88 Å². The maximum atomic E-state index is 13.3. The zero-order chi connectivity index (χ0) is 20.6. The average molecular weight is 409 g/mol. The van der Waals surface area contributed by atoms with Crippen LogP contribution in [0.3, 0.4) is 0 Å². The van der Waals surface area contributed by atoms with Gasteiger partial charge in [-0.05, 0) is 43.0 Å². The largest absolute Gasteiger partial charge is 0.325 e. The van der Waals surface area contributed by atoms with Gasteiger partial charge in [-0.3, -0.25) is 4.79 Å². The van der Waals surface area contributed by atoms with Crippen LogP contribution in [0.25, 0.3) is 0 Å². The standard InChI is InChI=1S/C23H28N4OS/c1-4-5-9-14-27-16-24-26-23(27)29-21(19-10-7-6-8-11-19)22(28)25-20-15-17(2)12-13-18(20)3/h6-8,10-13,15-16,21H,4-5,9,14H2,1-3H3,(H,25,28)/t21-/m1/s1. The van der Waals surface area contributed by atoms with Crippen molar-refractivity contribution in [3.8, 4) is 0 Å². The lowest BCUT2D eigenvalue weighted by atomic mass is 10.1. The van der Waals surface area contributed by atoms with Gasteiger partial charge in [0.2, 0.25) is 5.91 Å². The summed E-state index contributed by atoms with van der Waals surface area (Å²) in [7, 11) is 0. The monoisotopic (exact) mass is 408 g/mol. The summed E-state index contributed by atoms with van der Waals surface area (Å²) in [6.45, 7) is 7.08. The van der Waals surface area contributed by atoms with Crippen LogP contribution < -0.4 is 5.32 Å². The number of carbonyl (C=O) groups excluding carboxylic acids is 1. The summed E-state index contributed by atoms with van der Waals surface area (Å²) in [6, 6.07) is 15.9. The van der Waals surface area contributed by atoms with Gasteiger partial charge in [-0.2, -0.15) is 0 Å². The molecule has 0 aliphatic rings. The number of aromatic nitrogens is 3. The minimum atomic E-state index is -0.412. The number of aryl methyl sites for hydroxylation is 3. The van der Waals surface area contributed by atoms with Gasteiger partial charge in [0, 0.05) is 12.2 Å². The Kier molecular flexibility index (Phi) is 7.47. The number of hydrogen-bond acceptors (Lipinski definition) is 4. The van der Waals surface area contributed by atoms with E-state index in [1.807, 2.05) is 66.9 Å². The molecule has 29 heavy (non-hydrogen) atoms. The van der Waals surface area contributed by atoms with Gasteiger partial charge in [0.05, 0.1) is 0 Å². The number of nitrogens with one attached hydrogen (secondary N) is 1. The Balaban J connectivity index is 1.83. The Hall–Kier alpha value is -2.60. The second-order valence-corrected chi connectivity index (χ2v) is 8.30. The first-order chi connectivity index (χ1) is 14.1. The fraction of sp³-hybridized carbons (Fsp3) is 0.348. The zero-order valence-electron chi connectivity index (χ0n) is 17.3. The zero-order valence-corrected chi connectivity index (χ0v) is 18.1. The predicted octanol–water partition coefficient (Wildman–Crippen LogP) is 5.56. The quantitative estimate of drug-likeness (QED) is 0.372.